The van der Waals surface area contributed by atoms with Crippen LogP contribution in [0.1, 0.15) is 50.7 Å². The lowest BCUT2D eigenvalue weighted by atomic mass is 9.50. The second-order valence-electron chi connectivity index (χ2n) is 12.1. The molecule has 4 N–H and O–H groups in total. The molecule has 2 aliphatic heterocycles. The van der Waals surface area contributed by atoms with Crippen LogP contribution in [0.25, 0.3) is 0 Å². The molecule has 0 aromatic heterocycles. The van der Waals surface area contributed by atoms with Crippen molar-refractivity contribution < 1.29 is 67.8 Å². The zero-order chi connectivity index (χ0) is 34.4. The van der Waals surface area contributed by atoms with Gasteiger partial charge < -0.3 is 49.2 Å². The van der Waals surface area contributed by atoms with Crippen LogP contribution in [0, 0.1) is 0 Å². The van der Waals surface area contributed by atoms with Gasteiger partial charge in [0.1, 0.15) is 11.8 Å². The predicted octanol–water partition coefficient (Wildman–Crippen LogP) is -0.186. The van der Waals surface area contributed by atoms with Crippen LogP contribution in [0.5, 0.6) is 11.5 Å². The Morgan fingerprint density at radius 1 is 1.13 bits per heavy atom. The number of likely N-dealkylation sites (N-methyl/N-ethyl adjacent to an activating group) is 1. The lowest BCUT2D eigenvalue weighted by Crippen LogP contribution is -2.74. The summed E-state index contributed by atoms with van der Waals surface area (Å²) in [6.45, 7) is 2.71. The van der Waals surface area contributed by atoms with Gasteiger partial charge in [0.15, 0.2) is 23.7 Å². The van der Waals surface area contributed by atoms with E-state index in [0.29, 0.717) is 30.9 Å². The number of likely N-dealkylation sites (tertiary alicyclic amines) is 1. The Hall–Kier alpha value is -4.70. The molecule has 16 nitrogen and oxygen atoms in total. The summed E-state index contributed by atoms with van der Waals surface area (Å²) in [5.74, 6) is -6.46. The van der Waals surface area contributed by atoms with Crippen molar-refractivity contribution in [2.24, 2.45) is 0 Å². The number of methoxy groups -OCH3 is 1. The maximum absolute atomic E-state index is 13.3. The minimum Gasteiger partial charge on any atom is -0.493 e. The number of carbonyl (C=O) groups is 6. The third-order valence-corrected chi connectivity index (χ3v) is 9.37. The number of carboxylic acids is 2. The van der Waals surface area contributed by atoms with Crippen LogP contribution in [0.4, 0.5) is 0 Å². The van der Waals surface area contributed by atoms with Gasteiger partial charge in [-0.3, -0.25) is 19.2 Å². The number of carbonyl (C=O) groups excluding carboxylic acids is 4. The second kappa shape index (κ2) is 12.5. The Bertz CT molecular complexity index is 1560. The molecular weight excluding hydrogens is 624 g/mol. The fourth-order valence-corrected chi connectivity index (χ4v) is 7.25. The Labute approximate surface area is 268 Å². The molecule has 1 fully saturated rings. The van der Waals surface area contributed by atoms with E-state index in [2.05, 4.69) is 4.90 Å². The van der Waals surface area contributed by atoms with E-state index >= 15 is 0 Å². The van der Waals surface area contributed by atoms with Crippen molar-refractivity contribution in [3.05, 3.63) is 35.1 Å². The number of aliphatic carboxylic acids is 2. The van der Waals surface area contributed by atoms with Crippen LogP contribution >= 0.6 is 0 Å². The van der Waals surface area contributed by atoms with Crippen LogP contribution in [-0.2, 0) is 54.8 Å². The summed E-state index contributed by atoms with van der Waals surface area (Å²) in [6.07, 6.45) is -3.37. The standard InChI is InChI=1S/C31H36N2O14/c1-14(27(38)32-17(28(39)40)12-22(35)36)44-29(41)20(45-15(2)34)13-23(37)46-19-7-8-31(42)21-11-16-5-6-18(43-4)25-24(16)30(31,26(19)47-25)9-10-33(21)3/h5-7,14,17,20-21,26,42H,8-13H2,1-4H3,(H,32,38)(H,35,36)(H,39,40)/t14-,17+,20-,21-,26+,30+,31-/m0/s1. The number of rotatable bonds is 12. The first kappa shape index (κ1) is 33.7. The maximum Gasteiger partial charge on any atom is 0.348 e. The maximum atomic E-state index is 13.3. The fraction of sp³-hybridized carbons (Fsp3) is 0.548. The van der Waals surface area contributed by atoms with E-state index in [1.54, 1.807) is 12.1 Å². The third kappa shape index (κ3) is 5.75. The fourth-order valence-electron chi connectivity index (χ4n) is 7.25. The highest BCUT2D eigenvalue weighted by molar-refractivity contribution is 5.91. The minimum atomic E-state index is -1.85. The van der Waals surface area contributed by atoms with Crippen molar-refractivity contribution in [2.45, 2.75) is 87.4 Å². The average molecular weight is 661 g/mol. The van der Waals surface area contributed by atoms with Crippen molar-refractivity contribution in [3.8, 4) is 11.5 Å². The minimum absolute atomic E-state index is 0.106. The molecule has 0 saturated carbocycles. The number of benzene rings is 1. The Kier molecular flexibility index (Phi) is 8.94. The lowest BCUT2D eigenvalue weighted by molar-refractivity contribution is -0.177. The van der Waals surface area contributed by atoms with Crippen LogP contribution in [0.2, 0.25) is 0 Å². The number of nitrogens with one attached hydrogen (secondary N) is 1. The van der Waals surface area contributed by atoms with Crippen molar-refractivity contribution in [3.63, 3.8) is 0 Å². The van der Waals surface area contributed by atoms with Gasteiger partial charge in [0, 0.05) is 24.9 Å². The predicted molar refractivity (Wildman–Crippen MR) is 155 cm³/mol. The van der Waals surface area contributed by atoms with Crippen molar-refractivity contribution >= 4 is 35.8 Å². The van der Waals surface area contributed by atoms with E-state index in [4.69, 9.17) is 33.9 Å². The summed E-state index contributed by atoms with van der Waals surface area (Å²) >= 11 is 0. The summed E-state index contributed by atoms with van der Waals surface area (Å²) < 4.78 is 27.8. The molecule has 0 unspecified atom stereocenters. The average Bonchev–Trinajstić information content (AvgIpc) is 3.35. The van der Waals surface area contributed by atoms with Gasteiger partial charge in [-0.1, -0.05) is 6.07 Å². The smallest absolute Gasteiger partial charge is 0.348 e. The van der Waals surface area contributed by atoms with Crippen LogP contribution < -0.4 is 14.8 Å². The molecule has 4 aliphatic rings. The Morgan fingerprint density at radius 3 is 2.49 bits per heavy atom. The number of esters is 3. The third-order valence-electron chi connectivity index (χ3n) is 9.37. The zero-order valence-electron chi connectivity index (χ0n) is 26.1. The van der Waals surface area contributed by atoms with Crippen molar-refractivity contribution in [2.75, 3.05) is 20.7 Å². The Balaban J connectivity index is 1.33. The Morgan fingerprint density at radius 2 is 1.85 bits per heavy atom. The first-order valence-corrected chi connectivity index (χ1v) is 15.0. The SMILES string of the molecule is COc1ccc2c3c1O[C@@H]1C(OC(=O)C[C@H](OC(C)=O)C(=O)O[C@@H](C)C(=O)N[C@H](CC(=O)O)C(=O)O)=CC[C@]4(O)[C@H](C2)N(C)CC[C@@]314. The largest absolute Gasteiger partial charge is 0.493 e. The quantitative estimate of drug-likeness (QED) is 0.168. The van der Waals surface area contributed by atoms with Crippen LogP contribution in [0.15, 0.2) is 24.0 Å². The number of hydrogen-bond donors (Lipinski definition) is 4. The molecular formula is C31H36N2O14. The highest BCUT2D eigenvalue weighted by atomic mass is 16.6. The van der Waals surface area contributed by atoms with Gasteiger partial charge in [-0.15, -0.1) is 0 Å². The zero-order valence-corrected chi connectivity index (χ0v) is 26.1. The van der Waals surface area contributed by atoms with Crippen molar-refractivity contribution in [1.29, 1.82) is 0 Å². The normalized spacial score (nSPS) is 27.0. The molecule has 16 heteroatoms. The molecule has 1 saturated heterocycles. The van der Waals surface area contributed by atoms with Gasteiger partial charge in [0.05, 0.1) is 31.0 Å². The van der Waals surface area contributed by atoms with E-state index in [9.17, 15) is 33.9 Å². The van der Waals surface area contributed by atoms with E-state index in [1.165, 1.54) is 7.11 Å². The molecule has 254 valence electrons. The van der Waals surface area contributed by atoms with Gasteiger partial charge in [-0.05, 0) is 51.1 Å². The molecule has 2 bridgehead atoms. The van der Waals surface area contributed by atoms with Gasteiger partial charge in [-0.25, -0.2) is 9.59 Å². The molecule has 1 aromatic rings. The van der Waals surface area contributed by atoms with Gasteiger partial charge in [0.25, 0.3) is 5.91 Å². The van der Waals surface area contributed by atoms with Crippen LogP contribution in [0.3, 0.4) is 0 Å². The summed E-state index contributed by atoms with van der Waals surface area (Å²) in [6, 6.07) is 1.71. The molecule has 7 atom stereocenters. The lowest BCUT2D eigenvalue weighted by Gasteiger charge is -2.61. The van der Waals surface area contributed by atoms with Gasteiger partial charge >= 0.3 is 29.8 Å². The topological polar surface area (TPSA) is 225 Å². The van der Waals surface area contributed by atoms with Crippen LogP contribution in [-0.4, -0.2) is 113 Å². The first-order chi connectivity index (χ1) is 22.1. The highest BCUT2D eigenvalue weighted by Crippen LogP contribution is 2.65. The monoisotopic (exact) mass is 660 g/mol. The van der Waals surface area contributed by atoms with E-state index in [-0.39, 0.29) is 18.2 Å². The summed E-state index contributed by atoms with van der Waals surface area (Å²) in [5.41, 5.74) is -0.406. The first-order valence-electron chi connectivity index (χ1n) is 15.0. The number of carboxylic acid groups (broad SMARTS) is 2. The van der Waals surface area contributed by atoms with Gasteiger partial charge in [-0.2, -0.15) is 0 Å². The summed E-state index contributed by atoms with van der Waals surface area (Å²) in [4.78, 5) is 74.8. The summed E-state index contributed by atoms with van der Waals surface area (Å²) in [7, 11) is 3.46. The molecule has 1 amide bonds. The van der Waals surface area contributed by atoms with Crippen molar-refractivity contribution in [1.82, 2.24) is 10.2 Å². The van der Waals surface area contributed by atoms with E-state index < -0.39 is 84.0 Å². The molecule has 2 heterocycles. The number of aliphatic hydroxyl groups is 1. The number of nitrogens with zero attached hydrogens (tertiary/aromatic N) is 1. The number of piperidine rings is 1. The molecule has 1 spiro atoms. The molecule has 47 heavy (non-hydrogen) atoms. The molecule has 1 aromatic carbocycles. The van der Waals surface area contributed by atoms with E-state index in [0.717, 1.165) is 25.0 Å². The molecule has 0 radical (unpaired) electrons. The van der Waals surface area contributed by atoms with E-state index in [1.807, 2.05) is 18.4 Å². The number of amides is 1. The molecule has 2 aliphatic carbocycles. The summed E-state index contributed by atoms with van der Waals surface area (Å²) in [5, 5.41) is 32.3. The number of hydrogen-bond acceptors (Lipinski definition) is 13. The molecule has 5 rings (SSSR count). The number of ether oxygens (including phenoxy) is 5. The second-order valence-corrected chi connectivity index (χ2v) is 12.1. The van der Waals surface area contributed by atoms with Gasteiger partial charge in [0.2, 0.25) is 6.10 Å². The highest BCUT2D eigenvalue weighted by Gasteiger charge is 2.72.